The van der Waals surface area contributed by atoms with Gasteiger partial charge in [-0.05, 0) is 37.6 Å². The van der Waals surface area contributed by atoms with Gasteiger partial charge < -0.3 is 9.84 Å². The van der Waals surface area contributed by atoms with Crippen LogP contribution in [0.5, 0.6) is 0 Å². The third kappa shape index (κ3) is 4.69. The van der Waals surface area contributed by atoms with Gasteiger partial charge in [-0.1, -0.05) is 15.9 Å². The molecule has 0 saturated heterocycles. The van der Waals surface area contributed by atoms with Gasteiger partial charge in [0.25, 0.3) is 0 Å². The lowest BCUT2D eigenvalue weighted by atomic mass is 10.1. The minimum atomic E-state index is -0.558. The summed E-state index contributed by atoms with van der Waals surface area (Å²) in [7, 11) is 0. The molecule has 3 nitrogen and oxygen atoms in total. The predicted molar refractivity (Wildman–Crippen MR) is 72.1 cm³/mol. The van der Waals surface area contributed by atoms with Gasteiger partial charge in [0.05, 0.1) is 18.5 Å². The normalized spacial score (nSPS) is 12.2. The number of carbonyl (C=O) groups excluding carboxylic acids is 1. The number of aliphatic hydroxyl groups is 1. The number of hydrogen-bond acceptors (Lipinski definition) is 4. The minimum Gasteiger partial charge on any atom is -0.465 e. The van der Waals surface area contributed by atoms with Gasteiger partial charge in [-0.15, -0.1) is 11.8 Å². The van der Waals surface area contributed by atoms with Gasteiger partial charge in [-0.3, -0.25) is 4.79 Å². The van der Waals surface area contributed by atoms with E-state index < -0.39 is 6.10 Å². The largest absolute Gasteiger partial charge is 0.465 e. The van der Waals surface area contributed by atoms with Crippen LogP contribution < -0.4 is 0 Å². The lowest BCUT2D eigenvalue weighted by Crippen LogP contribution is -2.07. The van der Waals surface area contributed by atoms with Gasteiger partial charge in [0.2, 0.25) is 0 Å². The first kappa shape index (κ1) is 14.5. The van der Waals surface area contributed by atoms with E-state index in [9.17, 15) is 9.90 Å². The van der Waals surface area contributed by atoms with Crippen LogP contribution in [0.1, 0.15) is 25.5 Å². The van der Waals surface area contributed by atoms with E-state index in [2.05, 4.69) is 15.9 Å². The Balaban J connectivity index is 2.73. The SMILES string of the molecule is CCOC(=O)CSc1ccc(Br)cc1C(C)O. The van der Waals surface area contributed by atoms with Crippen LogP contribution in [0, 0.1) is 0 Å². The predicted octanol–water partition coefficient (Wildman–Crippen LogP) is 3.16. The third-order valence-electron chi connectivity index (χ3n) is 2.07. The van der Waals surface area contributed by atoms with Crippen LogP contribution in [0.25, 0.3) is 0 Å². The topological polar surface area (TPSA) is 46.5 Å². The summed E-state index contributed by atoms with van der Waals surface area (Å²) in [5, 5.41) is 9.65. The molecule has 0 spiro atoms. The Kier molecular flexibility index (Phi) is 6.02. The maximum atomic E-state index is 11.2. The Morgan fingerprint density at radius 2 is 2.29 bits per heavy atom. The van der Waals surface area contributed by atoms with Crippen molar-refractivity contribution in [3.05, 3.63) is 28.2 Å². The average molecular weight is 319 g/mol. The fourth-order valence-corrected chi connectivity index (χ4v) is 2.61. The van der Waals surface area contributed by atoms with Gasteiger partial charge in [0.15, 0.2) is 0 Å². The number of benzene rings is 1. The molecular weight excluding hydrogens is 304 g/mol. The Morgan fingerprint density at radius 3 is 2.88 bits per heavy atom. The molecule has 1 aromatic rings. The number of halogens is 1. The third-order valence-corrected chi connectivity index (χ3v) is 3.63. The standard InChI is InChI=1S/C12H15BrO3S/c1-3-16-12(15)7-17-11-5-4-9(13)6-10(11)8(2)14/h4-6,8,14H,3,7H2,1-2H3. The fraction of sp³-hybridized carbons (Fsp3) is 0.417. The minimum absolute atomic E-state index is 0.239. The number of rotatable bonds is 5. The number of hydrogen-bond donors (Lipinski definition) is 1. The van der Waals surface area contributed by atoms with Crippen LogP contribution >= 0.6 is 27.7 Å². The number of aliphatic hydroxyl groups excluding tert-OH is 1. The Morgan fingerprint density at radius 1 is 1.59 bits per heavy atom. The average Bonchev–Trinajstić information content (AvgIpc) is 2.27. The first-order valence-electron chi connectivity index (χ1n) is 5.30. The van der Waals surface area contributed by atoms with Crippen LogP contribution in [-0.2, 0) is 9.53 Å². The summed E-state index contributed by atoms with van der Waals surface area (Å²) >= 11 is 4.73. The van der Waals surface area contributed by atoms with Crippen LogP contribution in [0.2, 0.25) is 0 Å². The van der Waals surface area contributed by atoms with Crippen molar-refractivity contribution >= 4 is 33.7 Å². The van der Waals surface area contributed by atoms with Crippen molar-refractivity contribution in [2.75, 3.05) is 12.4 Å². The zero-order chi connectivity index (χ0) is 12.8. The number of ether oxygens (including phenoxy) is 1. The van der Waals surface area contributed by atoms with E-state index >= 15 is 0 Å². The molecule has 0 amide bonds. The van der Waals surface area contributed by atoms with E-state index in [1.807, 2.05) is 18.2 Å². The van der Waals surface area contributed by atoms with Crippen molar-refractivity contribution in [2.24, 2.45) is 0 Å². The van der Waals surface area contributed by atoms with E-state index in [0.717, 1.165) is 14.9 Å². The van der Waals surface area contributed by atoms with Gasteiger partial charge in [0, 0.05) is 9.37 Å². The maximum Gasteiger partial charge on any atom is 0.316 e. The molecule has 0 bridgehead atoms. The lowest BCUT2D eigenvalue weighted by molar-refractivity contribution is -0.139. The molecule has 1 aromatic carbocycles. The smallest absolute Gasteiger partial charge is 0.316 e. The van der Waals surface area contributed by atoms with Crippen molar-refractivity contribution in [3.63, 3.8) is 0 Å². The molecule has 1 N–H and O–H groups in total. The monoisotopic (exact) mass is 318 g/mol. The number of esters is 1. The summed E-state index contributed by atoms with van der Waals surface area (Å²) in [6.07, 6.45) is -0.558. The van der Waals surface area contributed by atoms with Crippen molar-refractivity contribution in [3.8, 4) is 0 Å². The summed E-state index contributed by atoms with van der Waals surface area (Å²) in [5.41, 5.74) is 0.814. The first-order chi connectivity index (χ1) is 8.04. The molecule has 0 aliphatic heterocycles. The van der Waals surface area contributed by atoms with Crippen LogP contribution in [0.4, 0.5) is 0 Å². The first-order valence-corrected chi connectivity index (χ1v) is 7.08. The highest BCUT2D eigenvalue weighted by Gasteiger charge is 2.11. The summed E-state index contributed by atoms with van der Waals surface area (Å²) in [4.78, 5) is 12.1. The van der Waals surface area contributed by atoms with E-state index in [1.54, 1.807) is 13.8 Å². The van der Waals surface area contributed by atoms with Crippen molar-refractivity contribution in [1.82, 2.24) is 0 Å². The Hall–Kier alpha value is -0.520. The summed E-state index contributed by atoms with van der Waals surface area (Å²) < 4.78 is 5.77. The fourth-order valence-electron chi connectivity index (χ4n) is 1.32. The Bertz CT molecular complexity index is 393. The molecular formula is C12H15BrO3S. The Labute approximate surface area is 114 Å². The molecule has 0 fully saturated rings. The van der Waals surface area contributed by atoms with Crippen LogP contribution in [-0.4, -0.2) is 23.4 Å². The summed E-state index contributed by atoms with van der Waals surface area (Å²) in [6.45, 7) is 3.88. The molecule has 1 rings (SSSR count). The van der Waals surface area contributed by atoms with Gasteiger partial charge in [-0.2, -0.15) is 0 Å². The molecule has 0 saturated carbocycles. The van der Waals surface area contributed by atoms with E-state index in [4.69, 9.17) is 4.74 Å². The van der Waals surface area contributed by atoms with E-state index in [1.165, 1.54) is 11.8 Å². The molecule has 1 atom stereocenters. The molecule has 0 aliphatic rings. The van der Waals surface area contributed by atoms with Crippen LogP contribution in [0.3, 0.4) is 0 Å². The zero-order valence-electron chi connectivity index (χ0n) is 9.77. The lowest BCUT2D eigenvalue weighted by Gasteiger charge is -2.11. The van der Waals surface area contributed by atoms with Gasteiger partial charge >= 0.3 is 5.97 Å². The molecule has 0 heterocycles. The highest BCUT2D eigenvalue weighted by atomic mass is 79.9. The maximum absolute atomic E-state index is 11.2. The highest BCUT2D eigenvalue weighted by Crippen LogP contribution is 2.30. The van der Waals surface area contributed by atoms with Crippen LogP contribution in [0.15, 0.2) is 27.6 Å². The van der Waals surface area contributed by atoms with Crippen molar-refractivity contribution in [1.29, 1.82) is 0 Å². The highest BCUT2D eigenvalue weighted by molar-refractivity contribution is 9.10. The second kappa shape index (κ2) is 7.03. The molecule has 5 heteroatoms. The van der Waals surface area contributed by atoms with Gasteiger partial charge in [-0.25, -0.2) is 0 Å². The van der Waals surface area contributed by atoms with E-state index in [-0.39, 0.29) is 11.7 Å². The number of carbonyl (C=O) groups is 1. The summed E-state index contributed by atoms with van der Waals surface area (Å²) in [5.74, 6) is 0.0202. The molecule has 17 heavy (non-hydrogen) atoms. The second-order valence-electron chi connectivity index (χ2n) is 3.45. The van der Waals surface area contributed by atoms with Gasteiger partial charge in [0.1, 0.15) is 0 Å². The quantitative estimate of drug-likeness (QED) is 0.669. The second-order valence-corrected chi connectivity index (χ2v) is 5.38. The molecule has 0 aliphatic carbocycles. The summed E-state index contributed by atoms with van der Waals surface area (Å²) in [6, 6.07) is 5.63. The van der Waals surface area contributed by atoms with Crippen molar-refractivity contribution in [2.45, 2.75) is 24.8 Å². The van der Waals surface area contributed by atoms with Crippen molar-refractivity contribution < 1.29 is 14.6 Å². The molecule has 1 unspecified atom stereocenters. The number of thioether (sulfide) groups is 1. The molecule has 0 radical (unpaired) electrons. The molecule has 94 valence electrons. The molecule has 0 aromatic heterocycles. The zero-order valence-corrected chi connectivity index (χ0v) is 12.2. The van der Waals surface area contributed by atoms with E-state index in [0.29, 0.717) is 6.61 Å².